The second kappa shape index (κ2) is 7.03. The van der Waals surface area contributed by atoms with Crippen LogP contribution in [0.5, 0.6) is 5.75 Å². The Labute approximate surface area is 144 Å². The van der Waals surface area contributed by atoms with Gasteiger partial charge in [0.15, 0.2) is 0 Å². The molecule has 0 radical (unpaired) electrons. The van der Waals surface area contributed by atoms with Crippen molar-refractivity contribution in [3.63, 3.8) is 0 Å². The first-order chi connectivity index (χ1) is 11.6. The van der Waals surface area contributed by atoms with Crippen LogP contribution in [0, 0.1) is 6.92 Å². The van der Waals surface area contributed by atoms with Crippen molar-refractivity contribution < 1.29 is 14.6 Å². The summed E-state index contributed by atoms with van der Waals surface area (Å²) in [6, 6.07) is 13.4. The van der Waals surface area contributed by atoms with E-state index < -0.39 is 0 Å². The molecule has 3 rings (SSSR count). The molecule has 4 nitrogen and oxygen atoms in total. The van der Waals surface area contributed by atoms with E-state index in [0.29, 0.717) is 11.3 Å². The summed E-state index contributed by atoms with van der Waals surface area (Å²) < 4.78 is 6.33. The largest absolute Gasteiger partial charge is 0.497 e. The molecule has 0 saturated carbocycles. The zero-order chi connectivity index (χ0) is 17.1. The predicted octanol–water partition coefficient (Wildman–Crippen LogP) is 4.01. The summed E-state index contributed by atoms with van der Waals surface area (Å²) in [5, 5.41) is 12.9. The topological polar surface area (TPSA) is 58.6 Å². The number of anilines is 1. The van der Waals surface area contributed by atoms with Crippen molar-refractivity contribution in [3.05, 3.63) is 58.5 Å². The summed E-state index contributed by atoms with van der Waals surface area (Å²) in [6.07, 6.45) is 0.617. The Balaban J connectivity index is 1.84. The Morgan fingerprint density at radius 3 is 2.62 bits per heavy atom. The van der Waals surface area contributed by atoms with Crippen molar-refractivity contribution in [3.8, 4) is 5.75 Å². The Hall–Kier alpha value is -2.37. The van der Waals surface area contributed by atoms with E-state index in [1.54, 1.807) is 7.11 Å². The standard InChI is InChI=1S/C19H19NO3S/c1-12-16-11-15(23-2)7-8-17(16)24-18(12)19(22)20-14-5-3-13(4-6-14)9-10-21/h3-8,11,21H,9-10H2,1-2H3,(H,20,22). The van der Waals surface area contributed by atoms with Gasteiger partial charge in [0.25, 0.3) is 5.91 Å². The van der Waals surface area contributed by atoms with Crippen molar-refractivity contribution >= 4 is 33.0 Å². The van der Waals surface area contributed by atoms with Gasteiger partial charge in [-0.05, 0) is 60.2 Å². The zero-order valence-electron chi connectivity index (χ0n) is 13.6. The third-order valence-corrected chi connectivity index (χ3v) is 5.23. The average Bonchev–Trinajstić information content (AvgIpc) is 2.93. The number of rotatable bonds is 5. The van der Waals surface area contributed by atoms with Gasteiger partial charge in [-0.25, -0.2) is 0 Å². The minimum atomic E-state index is -0.109. The van der Waals surface area contributed by atoms with E-state index in [4.69, 9.17) is 9.84 Å². The minimum absolute atomic E-state index is 0.109. The molecule has 3 aromatic rings. The van der Waals surface area contributed by atoms with Crippen molar-refractivity contribution in [2.24, 2.45) is 0 Å². The van der Waals surface area contributed by atoms with E-state index in [1.807, 2.05) is 49.4 Å². The van der Waals surface area contributed by atoms with Crippen LogP contribution in [0.1, 0.15) is 20.8 Å². The van der Waals surface area contributed by atoms with Gasteiger partial charge in [-0.15, -0.1) is 11.3 Å². The third kappa shape index (κ3) is 3.27. The van der Waals surface area contributed by atoms with Crippen LogP contribution >= 0.6 is 11.3 Å². The highest BCUT2D eigenvalue weighted by atomic mass is 32.1. The molecule has 124 valence electrons. The molecule has 0 aliphatic rings. The number of amides is 1. The maximum atomic E-state index is 12.6. The molecule has 0 unspecified atom stereocenters. The quantitative estimate of drug-likeness (QED) is 0.737. The number of carbonyl (C=O) groups is 1. The number of aliphatic hydroxyl groups is 1. The van der Waals surface area contributed by atoms with Crippen LogP contribution in [0.3, 0.4) is 0 Å². The summed E-state index contributed by atoms with van der Waals surface area (Å²) >= 11 is 1.48. The number of ether oxygens (including phenoxy) is 1. The summed E-state index contributed by atoms with van der Waals surface area (Å²) in [4.78, 5) is 13.3. The van der Waals surface area contributed by atoms with Crippen LogP contribution in [0.4, 0.5) is 5.69 Å². The van der Waals surface area contributed by atoms with Crippen LogP contribution in [0.2, 0.25) is 0 Å². The van der Waals surface area contributed by atoms with Crippen molar-refractivity contribution in [2.45, 2.75) is 13.3 Å². The Bertz CT molecular complexity index is 868. The molecule has 0 aliphatic heterocycles. The highest BCUT2D eigenvalue weighted by molar-refractivity contribution is 7.21. The summed E-state index contributed by atoms with van der Waals surface area (Å²) in [6.45, 7) is 2.08. The van der Waals surface area contributed by atoms with E-state index in [0.717, 1.165) is 32.6 Å². The Morgan fingerprint density at radius 2 is 1.96 bits per heavy atom. The van der Waals surface area contributed by atoms with Gasteiger partial charge >= 0.3 is 0 Å². The van der Waals surface area contributed by atoms with E-state index in [-0.39, 0.29) is 12.5 Å². The van der Waals surface area contributed by atoms with Crippen LogP contribution in [0.25, 0.3) is 10.1 Å². The van der Waals surface area contributed by atoms with Crippen LogP contribution in [0.15, 0.2) is 42.5 Å². The third-order valence-electron chi connectivity index (χ3n) is 3.96. The smallest absolute Gasteiger partial charge is 0.266 e. The highest BCUT2D eigenvalue weighted by Gasteiger charge is 2.16. The molecule has 2 aromatic carbocycles. The van der Waals surface area contributed by atoms with Gasteiger partial charge in [0.2, 0.25) is 0 Å². The van der Waals surface area contributed by atoms with Crippen LogP contribution in [-0.2, 0) is 6.42 Å². The SMILES string of the molecule is COc1ccc2sc(C(=O)Nc3ccc(CCO)cc3)c(C)c2c1. The number of fused-ring (bicyclic) bond motifs is 1. The number of aryl methyl sites for hydroxylation is 1. The summed E-state index contributed by atoms with van der Waals surface area (Å²) in [7, 11) is 1.64. The summed E-state index contributed by atoms with van der Waals surface area (Å²) in [5.74, 6) is 0.678. The number of thiophene rings is 1. The highest BCUT2D eigenvalue weighted by Crippen LogP contribution is 2.33. The van der Waals surface area contributed by atoms with Crippen LogP contribution in [-0.4, -0.2) is 24.7 Å². The number of benzene rings is 2. The van der Waals surface area contributed by atoms with E-state index >= 15 is 0 Å². The number of hydrogen-bond acceptors (Lipinski definition) is 4. The van der Waals surface area contributed by atoms with E-state index in [2.05, 4.69) is 5.32 Å². The van der Waals surface area contributed by atoms with Gasteiger partial charge in [-0.3, -0.25) is 4.79 Å². The molecule has 0 bridgehead atoms. The number of carbonyl (C=O) groups excluding carboxylic acids is 1. The van der Waals surface area contributed by atoms with Gasteiger partial charge < -0.3 is 15.2 Å². The van der Waals surface area contributed by atoms with Crippen molar-refractivity contribution in [2.75, 3.05) is 19.0 Å². The first-order valence-corrected chi connectivity index (χ1v) is 8.52. The Kier molecular flexibility index (Phi) is 4.83. The molecular formula is C19H19NO3S. The molecule has 2 N–H and O–H groups in total. The number of hydrogen-bond donors (Lipinski definition) is 2. The maximum Gasteiger partial charge on any atom is 0.266 e. The number of methoxy groups -OCH3 is 1. The fraction of sp³-hybridized carbons (Fsp3) is 0.211. The fourth-order valence-electron chi connectivity index (χ4n) is 2.62. The molecule has 0 fully saturated rings. The lowest BCUT2D eigenvalue weighted by Crippen LogP contribution is -2.11. The van der Waals surface area contributed by atoms with Gasteiger partial charge in [0.1, 0.15) is 5.75 Å². The predicted molar refractivity (Wildman–Crippen MR) is 98.3 cm³/mol. The monoisotopic (exact) mass is 341 g/mol. The second-order valence-electron chi connectivity index (χ2n) is 5.54. The molecule has 0 atom stereocenters. The summed E-state index contributed by atoms with van der Waals surface area (Å²) in [5.41, 5.74) is 2.75. The molecule has 1 heterocycles. The molecule has 1 aromatic heterocycles. The molecular weight excluding hydrogens is 322 g/mol. The fourth-order valence-corrected chi connectivity index (χ4v) is 3.70. The van der Waals surface area contributed by atoms with Gasteiger partial charge in [0.05, 0.1) is 12.0 Å². The lowest BCUT2D eigenvalue weighted by atomic mass is 10.1. The van der Waals surface area contributed by atoms with Crippen LogP contribution < -0.4 is 10.1 Å². The van der Waals surface area contributed by atoms with Crippen molar-refractivity contribution in [1.29, 1.82) is 0 Å². The molecule has 24 heavy (non-hydrogen) atoms. The first-order valence-electron chi connectivity index (χ1n) is 7.70. The Morgan fingerprint density at radius 1 is 1.21 bits per heavy atom. The first kappa shape index (κ1) is 16.5. The van der Waals surface area contributed by atoms with Gasteiger partial charge in [0, 0.05) is 17.0 Å². The number of nitrogens with one attached hydrogen (secondary N) is 1. The lowest BCUT2D eigenvalue weighted by molar-refractivity contribution is 0.103. The van der Waals surface area contributed by atoms with Crippen molar-refractivity contribution in [1.82, 2.24) is 0 Å². The molecule has 0 saturated heterocycles. The van der Waals surface area contributed by atoms with Gasteiger partial charge in [-0.2, -0.15) is 0 Å². The van der Waals surface area contributed by atoms with Gasteiger partial charge in [-0.1, -0.05) is 12.1 Å². The minimum Gasteiger partial charge on any atom is -0.497 e. The van der Waals surface area contributed by atoms with E-state index in [9.17, 15) is 4.79 Å². The normalized spacial score (nSPS) is 10.8. The average molecular weight is 341 g/mol. The molecule has 1 amide bonds. The lowest BCUT2D eigenvalue weighted by Gasteiger charge is -2.06. The molecule has 0 spiro atoms. The zero-order valence-corrected chi connectivity index (χ0v) is 14.4. The molecule has 0 aliphatic carbocycles. The molecule has 5 heteroatoms. The number of aliphatic hydroxyl groups excluding tert-OH is 1. The maximum absolute atomic E-state index is 12.6. The van der Waals surface area contributed by atoms with E-state index in [1.165, 1.54) is 11.3 Å². The second-order valence-corrected chi connectivity index (χ2v) is 6.60.